The van der Waals surface area contributed by atoms with Crippen LogP contribution in [-0.2, 0) is 24.4 Å². The van der Waals surface area contributed by atoms with Gasteiger partial charge in [0, 0.05) is 18.8 Å². The summed E-state index contributed by atoms with van der Waals surface area (Å²) in [4.78, 5) is 27.1. The lowest BCUT2D eigenvalue weighted by molar-refractivity contribution is -0.133. The van der Waals surface area contributed by atoms with Crippen LogP contribution in [0, 0.1) is 13.8 Å². The third-order valence-corrected chi connectivity index (χ3v) is 5.55. The van der Waals surface area contributed by atoms with Crippen LogP contribution < -0.4 is 5.32 Å². The molecular formula is C22H27N7O2. The van der Waals surface area contributed by atoms with E-state index in [1.807, 2.05) is 55.1 Å². The van der Waals surface area contributed by atoms with Crippen LogP contribution in [-0.4, -0.2) is 54.1 Å². The first-order valence-electron chi connectivity index (χ1n) is 10.5. The molecule has 1 unspecified atom stereocenters. The van der Waals surface area contributed by atoms with Crippen molar-refractivity contribution in [3.05, 3.63) is 65.2 Å². The summed E-state index contributed by atoms with van der Waals surface area (Å²) in [6.07, 6.45) is 3.49. The van der Waals surface area contributed by atoms with E-state index in [0.717, 1.165) is 36.3 Å². The summed E-state index contributed by atoms with van der Waals surface area (Å²) in [6, 6.07) is 11.7. The number of aryl methyl sites for hydroxylation is 2. The van der Waals surface area contributed by atoms with Crippen molar-refractivity contribution >= 4 is 11.8 Å². The van der Waals surface area contributed by atoms with Crippen molar-refractivity contribution in [1.82, 2.24) is 35.0 Å². The van der Waals surface area contributed by atoms with Crippen LogP contribution in [0.15, 0.2) is 42.6 Å². The predicted octanol–water partition coefficient (Wildman–Crippen LogP) is 1.71. The number of hydrogen-bond donors (Lipinski definition) is 1. The number of carbonyl (C=O) groups excluding carboxylic acids is 2. The van der Waals surface area contributed by atoms with E-state index in [1.165, 1.54) is 0 Å². The van der Waals surface area contributed by atoms with E-state index in [4.69, 9.17) is 0 Å². The van der Waals surface area contributed by atoms with Crippen molar-refractivity contribution in [1.29, 1.82) is 0 Å². The zero-order valence-electron chi connectivity index (χ0n) is 17.9. The van der Waals surface area contributed by atoms with Gasteiger partial charge in [0.1, 0.15) is 6.54 Å². The van der Waals surface area contributed by atoms with Gasteiger partial charge in [-0.2, -0.15) is 5.10 Å². The lowest BCUT2D eigenvalue weighted by atomic mass is 10.2. The standard InChI is InChI=1S/C22H27N7O2/c1-16-11-17(2)29(25-16)15-21(30)28-10-6-9-19(28)13-27-14-20(24-26-27)22(31)23-12-18-7-4-3-5-8-18/h3-5,7-8,11,14,19H,6,9-10,12-13,15H2,1-2H3,(H,23,31). The number of amides is 2. The van der Waals surface area contributed by atoms with Crippen LogP contribution in [0.5, 0.6) is 0 Å². The summed E-state index contributed by atoms with van der Waals surface area (Å²) in [5.41, 5.74) is 3.17. The second-order valence-electron chi connectivity index (χ2n) is 7.96. The molecule has 162 valence electrons. The molecule has 0 aliphatic carbocycles. The minimum Gasteiger partial charge on any atom is -0.347 e. The zero-order valence-corrected chi connectivity index (χ0v) is 17.9. The van der Waals surface area contributed by atoms with Crippen LogP contribution in [0.4, 0.5) is 0 Å². The van der Waals surface area contributed by atoms with Crippen LogP contribution >= 0.6 is 0 Å². The minimum absolute atomic E-state index is 0.0337. The van der Waals surface area contributed by atoms with E-state index < -0.39 is 0 Å². The van der Waals surface area contributed by atoms with Gasteiger partial charge in [0.2, 0.25) is 5.91 Å². The molecule has 1 aromatic carbocycles. The molecule has 2 amide bonds. The number of rotatable bonds is 7. The third-order valence-electron chi connectivity index (χ3n) is 5.55. The van der Waals surface area contributed by atoms with E-state index in [-0.39, 0.29) is 30.1 Å². The Bertz CT molecular complexity index is 1060. The van der Waals surface area contributed by atoms with E-state index in [9.17, 15) is 9.59 Å². The van der Waals surface area contributed by atoms with Crippen molar-refractivity contribution in [3.8, 4) is 0 Å². The third kappa shape index (κ3) is 4.99. The summed E-state index contributed by atoms with van der Waals surface area (Å²) in [5.74, 6) is -0.214. The van der Waals surface area contributed by atoms with E-state index >= 15 is 0 Å². The molecule has 0 saturated carbocycles. The fourth-order valence-electron chi connectivity index (χ4n) is 3.98. The summed E-state index contributed by atoms with van der Waals surface area (Å²) in [5, 5.41) is 15.4. The first-order valence-corrected chi connectivity index (χ1v) is 10.5. The zero-order chi connectivity index (χ0) is 21.8. The van der Waals surface area contributed by atoms with Gasteiger partial charge in [-0.25, -0.2) is 4.68 Å². The summed E-state index contributed by atoms with van der Waals surface area (Å²) < 4.78 is 3.40. The topological polar surface area (TPSA) is 97.9 Å². The van der Waals surface area contributed by atoms with Gasteiger partial charge >= 0.3 is 0 Å². The highest BCUT2D eigenvalue weighted by atomic mass is 16.2. The largest absolute Gasteiger partial charge is 0.347 e. The van der Waals surface area contributed by atoms with E-state index in [0.29, 0.717) is 13.1 Å². The Morgan fingerprint density at radius 1 is 1.19 bits per heavy atom. The fraction of sp³-hybridized carbons (Fsp3) is 0.409. The molecule has 1 saturated heterocycles. The molecule has 3 aromatic rings. The molecule has 0 radical (unpaired) electrons. The van der Waals surface area contributed by atoms with Gasteiger partial charge in [-0.3, -0.25) is 14.3 Å². The maximum atomic E-state index is 12.9. The summed E-state index contributed by atoms with van der Waals surface area (Å²) in [6.45, 7) is 5.79. The number of likely N-dealkylation sites (tertiary alicyclic amines) is 1. The number of nitrogens with zero attached hydrogens (tertiary/aromatic N) is 6. The van der Waals surface area contributed by atoms with E-state index in [2.05, 4.69) is 20.7 Å². The molecule has 0 spiro atoms. The van der Waals surface area contributed by atoms with Gasteiger partial charge < -0.3 is 10.2 Å². The Morgan fingerprint density at radius 3 is 2.74 bits per heavy atom. The van der Waals surface area contributed by atoms with E-state index in [1.54, 1.807) is 15.6 Å². The molecule has 9 nitrogen and oxygen atoms in total. The molecule has 1 atom stereocenters. The maximum absolute atomic E-state index is 12.9. The molecule has 3 heterocycles. The smallest absolute Gasteiger partial charge is 0.273 e. The Balaban J connectivity index is 1.34. The van der Waals surface area contributed by atoms with Crippen molar-refractivity contribution in [2.45, 2.75) is 52.4 Å². The summed E-state index contributed by atoms with van der Waals surface area (Å²) >= 11 is 0. The predicted molar refractivity (Wildman–Crippen MR) is 114 cm³/mol. The van der Waals surface area contributed by atoms with Crippen LogP contribution in [0.25, 0.3) is 0 Å². The molecule has 9 heteroatoms. The van der Waals surface area contributed by atoms with Crippen molar-refractivity contribution in [2.24, 2.45) is 0 Å². The van der Waals surface area contributed by atoms with Gasteiger partial charge in [-0.05, 0) is 38.3 Å². The van der Waals surface area contributed by atoms with Gasteiger partial charge in [0.05, 0.1) is 24.5 Å². The highest BCUT2D eigenvalue weighted by molar-refractivity contribution is 5.91. The second-order valence-corrected chi connectivity index (χ2v) is 7.96. The number of carbonyl (C=O) groups is 2. The lowest BCUT2D eigenvalue weighted by Crippen LogP contribution is -2.40. The Kier molecular flexibility index (Phi) is 6.11. The monoisotopic (exact) mass is 421 g/mol. The van der Waals surface area contributed by atoms with Gasteiger partial charge in [0.15, 0.2) is 5.69 Å². The number of aromatic nitrogens is 5. The quantitative estimate of drug-likeness (QED) is 0.626. The number of nitrogens with one attached hydrogen (secondary N) is 1. The SMILES string of the molecule is Cc1cc(C)n(CC(=O)N2CCCC2Cn2cc(C(=O)NCc3ccccc3)nn2)n1. The lowest BCUT2D eigenvalue weighted by Gasteiger charge is -2.24. The van der Waals surface area contributed by atoms with Crippen LogP contribution in [0.2, 0.25) is 0 Å². The molecule has 1 aliphatic rings. The Hall–Kier alpha value is -3.49. The summed E-state index contributed by atoms with van der Waals surface area (Å²) in [7, 11) is 0. The number of benzene rings is 1. The number of hydrogen-bond acceptors (Lipinski definition) is 5. The molecule has 1 aliphatic heterocycles. The van der Waals surface area contributed by atoms with Crippen molar-refractivity contribution in [2.75, 3.05) is 6.54 Å². The van der Waals surface area contributed by atoms with Gasteiger partial charge in [0.25, 0.3) is 5.91 Å². The molecule has 1 fully saturated rings. The normalized spacial score (nSPS) is 15.9. The van der Waals surface area contributed by atoms with Gasteiger partial charge in [-0.15, -0.1) is 5.10 Å². The first-order chi connectivity index (χ1) is 15.0. The minimum atomic E-state index is -0.265. The van der Waals surface area contributed by atoms with Crippen molar-refractivity contribution < 1.29 is 9.59 Å². The van der Waals surface area contributed by atoms with Gasteiger partial charge in [-0.1, -0.05) is 35.5 Å². The average Bonchev–Trinajstić information content (AvgIpc) is 3.48. The maximum Gasteiger partial charge on any atom is 0.273 e. The van der Waals surface area contributed by atoms with Crippen LogP contribution in [0.3, 0.4) is 0 Å². The van der Waals surface area contributed by atoms with Crippen LogP contribution in [0.1, 0.15) is 40.3 Å². The molecule has 0 bridgehead atoms. The molecular weight excluding hydrogens is 394 g/mol. The highest BCUT2D eigenvalue weighted by Gasteiger charge is 2.30. The highest BCUT2D eigenvalue weighted by Crippen LogP contribution is 2.19. The molecule has 2 aromatic heterocycles. The molecule has 1 N–H and O–H groups in total. The Morgan fingerprint density at radius 2 is 2.00 bits per heavy atom. The second kappa shape index (κ2) is 9.11. The Labute approximate surface area is 181 Å². The fourth-order valence-corrected chi connectivity index (χ4v) is 3.98. The first kappa shape index (κ1) is 20.8. The molecule has 31 heavy (non-hydrogen) atoms. The average molecular weight is 422 g/mol. The molecule has 4 rings (SSSR count). The van der Waals surface area contributed by atoms with Crippen molar-refractivity contribution in [3.63, 3.8) is 0 Å².